The number of hydrogen-bond acceptors (Lipinski definition) is 3. The van der Waals surface area contributed by atoms with Crippen LogP contribution in [-0.4, -0.2) is 17.9 Å². The van der Waals surface area contributed by atoms with Crippen LogP contribution in [0, 0.1) is 11.6 Å². The van der Waals surface area contributed by atoms with Crippen LogP contribution < -0.4 is 4.80 Å². The second-order valence-electron chi connectivity index (χ2n) is 4.74. The molecular weight excluding hydrogens is 316 g/mol. The van der Waals surface area contributed by atoms with E-state index in [1.165, 1.54) is 35.6 Å². The van der Waals surface area contributed by atoms with Crippen molar-refractivity contribution in [1.29, 1.82) is 0 Å². The highest BCUT2D eigenvalue weighted by molar-refractivity contribution is 7.07. The number of rotatable bonds is 3. The quantitative estimate of drug-likeness (QED) is 0.652. The van der Waals surface area contributed by atoms with E-state index in [2.05, 4.69) is 10.1 Å². The maximum absolute atomic E-state index is 13.1. The molecule has 0 amide bonds. The summed E-state index contributed by atoms with van der Waals surface area (Å²) in [5.41, 5.74) is 2.43. The van der Waals surface area contributed by atoms with Gasteiger partial charge >= 0.3 is 0 Å². The Morgan fingerprint density at radius 3 is 2.17 bits per heavy atom. The van der Waals surface area contributed by atoms with Crippen molar-refractivity contribution in [2.24, 2.45) is 10.1 Å². The third kappa shape index (κ3) is 3.43. The summed E-state index contributed by atoms with van der Waals surface area (Å²) in [4.78, 5) is 4.91. The van der Waals surface area contributed by atoms with Crippen LogP contribution in [0.1, 0.15) is 5.56 Å². The average Bonchev–Trinajstić information content (AvgIpc) is 2.98. The van der Waals surface area contributed by atoms with Gasteiger partial charge in [0.15, 0.2) is 0 Å². The first kappa shape index (κ1) is 15.3. The van der Waals surface area contributed by atoms with Crippen LogP contribution in [0.4, 0.5) is 8.78 Å². The number of nitrogens with zero attached hydrogens (tertiary/aromatic N) is 3. The summed E-state index contributed by atoms with van der Waals surface area (Å²) in [6.07, 6.45) is 1.63. The third-order valence-corrected chi connectivity index (χ3v) is 4.12. The molecule has 0 saturated carbocycles. The molecule has 0 bridgehead atoms. The Kier molecular flexibility index (Phi) is 4.43. The SMILES string of the molecule is CN=c1scc(-c2ccc(F)cc2)n1N=Cc1ccc(F)cc1. The Bertz CT molecular complexity index is 891. The van der Waals surface area contributed by atoms with E-state index in [0.29, 0.717) is 4.80 Å². The predicted molar refractivity (Wildman–Crippen MR) is 88.6 cm³/mol. The van der Waals surface area contributed by atoms with E-state index in [-0.39, 0.29) is 11.6 Å². The van der Waals surface area contributed by atoms with Gasteiger partial charge in [0.05, 0.1) is 11.9 Å². The first-order valence-electron chi connectivity index (χ1n) is 6.86. The Labute approximate surface area is 135 Å². The second-order valence-corrected chi connectivity index (χ2v) is 5.58. The first-order chi connectivity index (χ1) is 11.2. The Balaban J connectivity index is 2.02. The molecule has 0 spiro atoms. The molecule has 23 heavy (non-hydrogen) atoms. The highest BCUT2D eigenvalue weighted by atomic mass is 32.1. The number of thiazole rings is 1. The van der Waals surface area contributed by atoms with E-state index in [4.69, 9.17) is 0 Å². The van der Waals surface area contributed by atoms with Crippen molar-refractivity contribution >= 4 is 17.6 Å². The van der Waals surface area contributed by atoms with Gasteiger partial charge in [0, 0.05) is 18.0 Å². The van der Waals surface area contributed by atoms with Gasteiger partial charge in [-0.1, -0.05) is 12.1 Å². The Hall–Kier alpha value is -2.60. The minimum absolute atomic E-state index is 0.286. The fraction of sp³-hybridized carbons (Fsp3) is 0.0588. The van der Waals surface area contributed by atoms with Gasteiger partial charge in [-0.2, -0.15) is 5.10 Å². The monoisotopic (exact) mass is 329 g/mol. The summed E-state index contributed by atoms with van der Waals surface area (Å²) in [6.45, 7) is 0. The molecule has 6 heteroatoms. The molecule has 0 unspecified atom stereocenters. The summed E-state index contributed by atoms with van der Waals surface area (Å²) in [5.74, 6) is -0.577. The fourth-order valence-corrected chi connectivity index (χ4v) is 2.86. The summed E-state index contributed by atoms with van der Waals surface area (Å²) in [6, 6.07) is 12.3. The highest BCUT2D eigenvalue weighted by Crippen LogP contribution is 2.20. The van der Waals surface area contributed by atoms with Crippen molar-refractivity contribution in [1.82, 2.24) is 4.68 Å². The molecule has 3 rings (SSSR count). The lowest BCUT2D eigenvalue weighted by atomic mass is 10.2. The van der Waals surface area contributed by atoms with Gasteiger partial charge in [-0.05, 0) is 42.0 Å². The number of hydrogen-bond donors (Lipinski definition) is 0. The molecule has 1 aromatic heterocycles. The zero-order chi connectivity index (χ0) is 16.2. The van der Waals surface area contributed by atoms with Crippen molar-refractivity contribution < 1.29 is 8.78 Å². The van der Waals surface area contributed by atoms with Gasteiger partial charge in [0.25, 0.3) is 0 Å². The normalized spacial score (nSPS) is 12.2. The van der Waals surface area contributed by atoms with Crippen LogP contribution >= 0.6 is 11.3 Å². The maximum Gasteiger partial charge on any atom is 0.205 e. The van der Waals surface area contributed by atoms with E-state index >= 15 is 0 Å². The summed E-state index contributed by atoms with van der Waals surface area (Å²) >= 11 is 1.44. The lowest BCUT2D eigenvalue weighted by Crippen LogP contribution is -2.11. The van der Waals surface area contributed by atoms with Crippen LogP contribution in [-0.2, 0) is 0 Å². The first-order valence-corrected chi connectivity index (χ1v) is 7.74. The molecule has 116 valence electrons. The van der Waals surface area contributed by atoms with Gasteiger partial charge < -0.3 is 0 Å². The molecule has 0 aliphatic heterocycles. The summed E-state index contributed by atoms with van der Waals surface area (Å²) in [5, 5.41) is 6.34. The minimum Gasteiger partial charge on any atom is -0.261 e. The van der Waals surface area contributed by atoms with E-state index in [1.54, 1.807) is 42.2 Å². The van der Waals surface area contributed by atoms with Crippen LogP contribution in [0.5, 0.6) is 0 Å². The average molecular weight is 329 g/mol. The number of halogens is 2. The largest absolute Gasteiger partial charge is 0.261 e. The predicted octanol–water partition coefficient (Wildman–Crippen LogP) is 3.91. The van der Waals surface area contributed by atoms with E-state index in [0.717, 1.165) is 16.8 Å². The summed E-state index contributed by atoms with van der Waals surface area (Å²) < 4.78 is 27.7. The highest BCUT2D eigenvalue weighted by Gasteiger charge is 2.07. The fourth-order valence-electron chi connectivity index (χ4n) is 2.05. The van der Waals surface area contributed by atoms with Gasteiger partial charge in [-0.25, -0.2) is 13.5 Å². The molecule has 1 heterocycles. The van der Waals surface area contributed by atoms with Crippen LogP contribution in [0.2, 0.25) is 0 Å². The molecule has 0 radical (unpaired) electrons. The topological polar surface area (TPSA) is 29.6 Å². The molecule has 0 atom stereocenters. The third-order valence-electron chi connectivity index (χ3n) is 3.21. The molecule has 0 N–H and O–H groups in total. The molecule has 0 fully saturated rings. The van der Waals surface area contributed by atoms with E-state index in [9.17, 15) is 8.78 Å². The van der Waals surface area contributed by atoms with Crippen LogP contribution in [0.3, 0.4) is 0 Å². The zero-order valence-electron chi connectivity index (χ0n) is 12.3. The molecule has 3 nitrogen and oxygen atoms in total. The minimum atomic E-state index is -0.290. The molecule has 3 aromatic rings. The van der Waals surface area contributed by atoms with Gasteiger partial charge in [-0.15, -0.1) is 11.3 Å². The molecular formula is C17H13F2N3S. The molecule has 2 aromatic carbocycles. The maximum atomic E-state index is 13.1. The standard InChI is InChI=1S/C17H13F2N3S/c1-20-17-22(21-10-12-2-6-14(18)7-3-12)16(11-23-17)13-4-8-15(19)9-5-13/h2-11H,1H3. The van der Waals surface area contributed by atoms with Crippen LogP contribution in [0.25, 0.3) is 11.3 Å². The zero-order valence-corrected chi connectivity index (χ0v) is 13.1. The molecule has 0 aliphatic carbocycles. The molecule has 0 aliphatic rings. The van der Waals surface area contributed by atoms with Crippen molar-refractivity contribution in [3.05, 3.63) is 75.9 Å². The van der Waals surface area contributed by atoms with Gasteiger partial charge in [-0.3, -0.25) is 4.99 Å². The van der Waals surface area contributed by atoms with Crippen LogP contribution in [0.15, 0.2) is 64.0 Å². The number of benzene rings is 2. The smallest absolute Gasteiger partial charge is 0.205 e. The lowest BCUT2D eigenvalue weighted by molar-refractivity contribution is 0.627. The van der Waals surface area contributed by atoms with E-state index < -0.39 is 0 Å². The second kappa shape index (κ2) is 6.66. The van der Waals surface area contributed by atoms with Crippen molar-refractivity contribution in [3.63, 3.8) is 0 Å². The number of aromatic nitrogens is 1. The van der Waals surface area contributed by atoms with Gasteiger partial charge in [0.1, 0.15) is 11.6 Å². The van der Waals surface area contributed by atoms with Crippen molar-refractivity contribution in [2.75, 3.05) is 7.05 Å². The van der Waals surface area contributed by atoms with E-state index in [1.807, 2.05) is 5.38 Å². The van der Waals surface area contributed by atoms with Crippen molar-refractivity contribution in [3.8, 4) is 11.3 Å². The Morgan fingerprint density at radius 2 is 1.57 bits per heavy atom. The van der Waals surface area contributed by atoms with Gasteiger partial charge in [0.2, 0.25) is 4.80 Å². The van der Waals surface area contributed by atoms with Crippen molar-refractivity contribution in [2.45, 2.75) is 0 Å². The lowest BCUT2D eigenvalue weighted by Gasteiger charge is -2.03. The Morgan fingerprint density at radius 1 is 0.957 bits per heavy atom. The summed E-state index contributed by atoms with van der Waals surface area (Å²) in [7, 11) is 1.68. The molecule has 0 saturated heterocycles.